The van der Waals surface area contributed by atoms with E-state index in [1.54, 1.807) is 12.1 Å². The molecule has 0 unspecified atom stereocenters. The Morgan fingerprint density at radius 2 is 2.10 bits per heavy atom. The molecule has 8 heteroatoms. The van der Waals surface area contributed by atoms with Crippen molar-refractivity contribution in [1.29, 1.82) is 0 Å². The van der Waals surface area contributed by atoms with Crippen molar-refractivity contribution >= 4 is 23.2 Å². The predicted octanol–water partition coefficient (Wildman–Crippen LogP) is 3.08. The van der Waals surface area contributed by atoms with Gasteiger partial charge in [0, 0.05) is 23.8 Å². The minimum absolute atomic E-state index is 0.0208. The van der Waals surface area contributed by atoms with Gasteiger partial charge in [-0.3, -0.25) is 4.79 Å². The average Bonchev–Trinajstić information content (AvgIpc) is 2.39. The van der Waals surface area contributed by atoms with E-state index in [-0.39, 0.29) is 13.2 Å². The van der Waals surface area contributed by atoms with Gasteiger partial charge in [-0.15, -0.1) is 0 Å². The fraction of sp³-hybridized carbons (Fsp3) is 0.462. The van der Waals surface area contributed by atoms with Gasteiger partial charge in [0.15, 0.2) is 0 Å². The number of halogens is 4. The molecule has 0 aliphatic heterocycles. The number of alkyl halides is 3. The van der Waals surface area contributed by atoms with Crippen LogP contribution in [0.3, 0.4) is 0 Å². The van der Waals surface area contributed by atoms with E-state index < -0.39 is 18.7 Å². The number of benzene rings is 1. The van der Waals surface area contributed by atoms with Crippen LogP contribution in [0.15, 0.2) is 18.2 Å². The van der Waals surface area contributed by atoms with Gasteiger partial charge >= 0.3 is 6.18 Å². The summed E-state index contributed by atoms with van der Waals surface area (Å²) in [6, 6.07) is 4.80. The second kappa shape index (κ2) is 8.09. The van der Waals surface area contributed by atoms with Crippen molar-refractivity contribution < 1.29 is 22.7 Å². The first kappa shape index (κ1) is 17.6. The van der Waals surface area contributed by atoms with E-state index in [1.807, 2.05) is 6.92 Å². The summed E-state index contributed by atoms with van der Waals surface area (Å²) < 4.78 is 40.0. The Bertz CT molecular complexity index is 481. The molecule has 0 fully saturated rings. The molecule has 1 aromatic carbocycles. The first-order valence-corrected chi connectivity index (χ1v) is 6.67. The Balaban J connectivity index is 2.50. The third-order valence-corrected chi connectivity index (χ3v) is 2.63. The lowest BCUT2D eigenvalue weighted by molar-refractivity contribution is -0.173. The molecule has 0 aromatic heterocycles. The minimum atomic E-state index is -4.37. The fourth-order valence-electron chi connectivity index (χ4n) is 1.57. The van der Waals surface area contributed by atoms with Crippen LogP contribution in [0.25, 0.3) is 0 Å². The van der Waals surface area contributed by atoms with Gasteiger partial charge in [-0.2, -0.15) is 13.2 Å². The zero-order valence-electron chi connectivity index (χ0n) is 11.4. The quantitative estimate of drug-likeness (QED) is 0.758. The first-order valence-electron chi connectivity index (χ1n) is 6.29. The van der Waals surface area contributed by atoms with Crippen LogP contribution in [0.4, 0.5) is 18.9 Å². The molecule has 0 saturated carbocycles. The van der Waals surface area contributed by atoms with Gasteiger partial charge in [0.05, 0.1) is 12.2 Å². The molecule has 0 aliphatic carbocycles. The maximum atomic E-state index is 12.0. The van der Waals surface area contributed by atoms with Crippen molar-refractivity contribution in [2.24, 2.45) is 0 Å². The number of nitrogens with one attached hydrogen (secondary N) is 2. The Kier molecular flexibility index (Phi) is 6.77. The normalized spacial score (nSPS) is 11.3. The second-order valence-corrected chi connectivity index (χ2v) is 4.58. The van der Waals surface area contributed by atoms with Crippen LogP contribution < -0.4 is 10.6 Å². The van der Waals surface area contributed by atoms with E-state index in [2.05, 4.69) is 15.4 Å². The number of ether oxygens (including phenoxy) is 1. The zero-order valence-corrected chi connectivity index (χ0v) is 12.1. The van der Waals surface area contributed by atoms with Crippen molar-refractivity contribution in [2.45, 2.75) is 13.1 Å². The largest absolute Gasteiger partial charge is 0.411 e. The van der Waals surface area contributed by atoms with E-state index in [9.17, 15) is 18.0 Å². The van der Waals surface area contributed by atoms with Crippen LogP contribution in [0.2, 0.25) is 5.02 Å². The minimum Gasteiger partial charge on any atom is -0.385 e. The number of amides is 1. The first-order chi connectivity index (χ1) is 9.83. The van der Waals surface area contributed by atoms with Crippen LogP contribution in [-0.2, 0) is 4.74 Å². The summed E-state index contributed by atoms with van der Waals surface area (Å²) in [5, 5.41) is 5.89. The van der Waals surface area contributed by atoms with Crippen LogP contribution >= 0.6 is 11.6 Å². The molecule has 0 heterocycles. The molecule has 0 aliphatic rings. The van der Waals surface area contributed by atoms with Crippen LogP contribution in [0.1, 0.15) is 17.3 Å². The third-order valence-electron chi connectivity index (χ3n) is 2.39. The Hall–Kier alpha value is -1.47. The lowest BCUT2D eigenvalue weighted by atomic mass is 10.1. The summed E-state index contributed by atoms with van der Waals surface area (Å²) in [7, 11) is 0. The topological polar surface area (TPSA) is 50.4 Å². The lowest BCUT2D eigenvalue weighted by Gasteiger charge is -2.12. The molecule has 118 valence electrons. The molecular formula is C13H16ClF3N2O2. The van der Waals surface area contributed by atoms with Crippen molar-refractivity contribution in [3.8, 4) is 0 Å². The van der Waals surface area contributed by atoms with Gasteiger partial charge in [-0.1, -0.05) is 11.6 Å². The summed E-state index contributed by atoms with van der Waals surface area (Å²) in [5.41, 5.74) is 0.941. The number of rotatable bonds is 7. The Morgan fingerprint density at radius 1 is 1.38 bits per heavy atom. The van der Waals surface area contributed by atoms with E-state index in [4.69, 9.17) is 11.6 Å². The lowest BCUT2D eigenvalue weighted by Crippen LogP contribution is -2.29. The van der Waals surface area contributed by atoms with Crippen LogP contribution in [0, 0.1) is 0 Å². The highest BCUT2D eigenvalue weighted by atomic mass is 35.5. The molecule has 0 radical (unpaired) electrons. The molecule has 4 nitrogen and oxygen atoms in total. The van der Waals surface area contributed by atoms with Crippen LogP contribution in [-0.4, -0.2) is 38.4 Å². The fourth-order valence-corrected chi connectivity index (χ4v) is 1.74. The summed E-state index contributed by atoms with van der Waals surface area (Å²) >= 11 is 5.84. The van der Waals surface area contributed by atoms with E-state index in [0.29, 0.717) is 22.8 Å². The molecule has 0 saturated heterocycles. The standard InChI is InChI=1S/C13H16ClF3N2O2/c1-2-18-11-4-3-9(14)7-10(11)12(20)19-5-6-21-8-13(15,16)17/h3-4,7,18H,2,5-6,8H2,1H3,(H,19,20). The van der Waals surface area contributed by atoms with Gasteiger partial charge in [0.25, 0.3) is 5.91 Å². The number of anilines is 1. The Morgan fingerprint density at radius 3 is 2.71 bits per heavy atom. The molecule has 2 N–H and O–H groups in total. The second-order valence-electron chi connectivity index (χ2n) is 4.14. The summed E-state index contributed by atoms with van der Waals surface area (Å²) in [6.45, 7) is 0.926. The molecule has 1 amide bonds. The maximum absolute atomic E-state index is 12.0. The van der Waals surface area contributed by atoms with Gasteiger partial charge < -0.3 is 15.4 Å². The van der Waals surface area contributed by atoms with E-state index in [1.165, 1.54) is 6.07 Å². The number of hydrogen-bond acceptors (Lipinski definition) is 3. The molecule has 0 atom stereocenters. The SMILES string of the molecule is CCNc1ccc(Cl)cc1C(=O)NCCOCC(F)(F)F. The smallest absolute Gasteiger partial charge is 0.385 e. The van der Waals surface area contributed by atoms with Gasteiger partial charge in [-0.25, -0.2) is 0 Å². The molecule has 1 aromatic rings. The van der Waals surface area contributed by atoms with Crippen molar-refractivity contribution in [1.82, 2.24) is 5.32 Å². The summed E-state index contributed by atoms with van der Waals surface area (Å²) in [4.78, 5) is 12.0. The molecule has 0 bridgehead atoms. The number of carbonyl (C=O) groups is 1. The predicted molar refractivity (Wildman–Crippen MR) is 74.8 cm³/mol. The van der Waals surface area contributed by atoms with E-state index in [0.717, 1.165) is 0 Å². The maximum Gasteiger partial charge on any atom is 0.411 e. The van der Waals surface area contributed by atoms with E-state index >= 15 is 0 Å². The van der Waals surface area contributed by atoms with Gasteiger partial charge in [0.1, 0.15) is 6.61 Å². The monoisotopic (exact) mass is 324 g/mol. The molecular weight excluding hydrogens is 309 g/mol. The summed E-state index contributed by atoms with van der Waals surface area (Å²) in [6.07, 6.45) is -4.37. The third kappa shape index (κ3) is 6.68. The van der Waals surface area contributed by atoms with Crippen molar-refractivity contribution in [3.63, 3.8) is 0 Å². The van der Waals surface area contributed by atoms with Crippen molar-refractivity contribution in [3.05, 3.63) is 28.8 Å². The average molecular weight is 325 g/mol. The number of carbonyl (C=O) groups excluding carboxylic acids is 1. The summed E-state index contributed by atoms with van der Waals surface area (Å²) in [5.74, 6) is -0.427. The number of hydrogen-bond donors (Lipinski definition) is 2. The van der Waals surface area contributed by atoms with Gasteiger partial charge in [0.2, 0.25) is 0 Å². The highest BCUT2D eigenvalue weighted by Gasteiger charge is 2.27. The molecule has 0 spiro atoms. The zero-order chi connectivity index (χ0) is 15.9. The highest BCUT2D eigenvalue weighted by Crippen LogP contribution is 2.20. The van der Waals surface area contributed by atoms with Gasteiger partial charge in [-0.05, 0) is 25.1 Å². The molecule has 1 rings (SSSR count). The van der Waals surface area contributed by atoms with Crippen LogP contribution in [0.5, 0.6) is 0 Å². The highest BCUT2D eigenvalue weighted by molar-refractivity contribution is 6.31. The van der Waals surface area contributed by atoms with Crippen molar-refractivity contribution in [2.75, 3.05) is 31.6 Å². The Labute approximate surface area is 125 Å². The molecule has 21 heavy (non-hydrogen) atoms.